The van der Waals surface area contributed by atoms with Gasteiger partial charge in [0.2, 0.25) is 5.91 Å². The molecule has 0 atom stereocenters. The van der Waals surface area contributed by atoms with Gasteiger partial charge in [-0.15, -0.1) is 11.3 Å². The lowest BCUT2D eigenvalue weighted by molar-refractivity contribution is -0.120. The number of furan rings is 1. The number of amides is 2. The molecule has 6 nitrogen and oxygen atoms in total. The van der Waals surface area contributed by atoms with Crippen molar-refractivity contribution >= 4 is 39.8 Å². The molecule has 0 saturated carbocycles. The highest BCUT2D eigenvalue weighted by Gasteiger charge is 2.15. The smallest absolute Gasteiger partial charge is 0.291 e. The van der Waals surface area contributed by atoms with Crippen LogP contribution in [-0.2, 0) is 17.8 Å². The second-order valence-electron chi connectivity index (χ2n) is 6.67. The average Bonchev–Trinajstić information content (AvgIpc) is 3.43. The van der Waals surface area contributed by atoms with Crippen LogP contribution in [-0.4, -0.2) is 18.9 Å². The molecular formula is C23H20N2O4S. The summed E-state index contributed by atoms with van der Waals surface area (Å²) in [5, 5.41) is 8.49. The van der Waals surface area contributed by atoms with E-state index < -0.39 is 0 Å². The van der Waals surface area contributed by atoms with Crippen LogP contribution in [0.5, 0.6) is 5.75 Å². The van der Waals surface area contributed by atoms with E-state index in [0.717, 1.165) is 15.8 Å². The maximum absolute atomic E-state index is 12.5. The molecule has 30 heavy (non-hydrogen) atoms. The molecule has 0 bridgehead atoms. The highest BCUT2D eigenvalue weighted by atomic mass is 32.1. The minimum Gasteiger partial charge on any atom is -0.493 e. The highest BCUT2D eigenvalue weighted by molar-refractivity contribution is 7.09. The van der Waals surface area contributed by atoms with E-state index in [1.54, 1.807) is 42.7 Å². The number of carbonyl (C=O) groups excluding carboxylic acids is 2. The maximum Gasteiger partial charge on any atom is 0.291 e. The molecule has 0 fully saturated rings. The van der Waals surface area contributed by atoms with Crippen LogP contribution in [0.3, 0.4) is 0 Å². The number of anilines is 1. The molecule has 2 N–H and O–H groups in total. The first kappa shape index (κ1) is 19.7. The van der Waals surface area contributed by atoms with Crippen molar-refractivity contribution < 1.29 is 18.7 Å². The molecular weight excluding hydrogens is 400 g/mol. The van der Waals surface area contributed by atoms with Crippen LogP contribution in [0.15, 0.2) is 70.5 Å². The third-order valence-electron chi connectivity index (χ3n) is 4.57. The molecule has 2 amide bonds. The Hall–Kier alpha value is -3.58. The summed E-state index contributed by atoms with van der Waals surface area (Å²) >= 11 is 1.61. The zero-order valence-electron chi connectivity index (χ0n) is 16.3. The first-order valence-electron chi connectivity index (χ1n) is 9.38. The van der Waals surface area contributed by atoms with Crippen LogP contribution >= 0.6 is 11.3 Å². The molecule has 2 aromatic carbocycles. The van der Waals surface area contributed by atoms with Crippen molar-refractivity contribution in [1.82, 2.24) is 5.32 Å². The second kappa shape index (κ2) is 8.84. The van der Waals surface area contributed by atoms with E-state index in [1.165, 1.54) is 0 Å². The van der Waals surface area contributed by atoms with Crippen LogP contribution in [0, 0.1) is 0 Å². The lowest BCUT2D eigenvalue weighted by Gasteiger charge is -2.06. The van der Waals surface area contributed by atoms with Gasteiger partial charge in [-0.25, -0.2) is 0 Å². The van der Waals surface area contributed by atoms with Crippen molar-refractivity contribution in [2.75, 3.05) is 12.4 Å². The van der Waals surface area contributed by atoms with Gasteiger partial charge in [-0.1, -0.05) is 30.3 Å². The molecule has 0 spiro atoms. The molecule has 0 aliphatic carbocycles. The molecule has 0 radical (unpaired) electrons. The lowest BCUT2D eigenvalue weighted by atomic mass is 10.1. The standard InChI is InChI=1S/C23H20N2O4S/c1-28-19-6-2-4-16-13-20(29-22(16)19)23(27)25-17-9-7-15(8-10-17)12-21(26)24-14-18-5-3-11-30-18/h2-11,13H,12,14H2,1H3,(H,24,26)(H,25,27). The summed E-state index contributed by atoms with van der Waals surface area (Å²) in [5.41, 5.74) is 2.02. The van der Waals surface area contributed by atoms with Crippen LogP contribution < -0.4 is 15.4 Å². The SMILES string of the molecule is COc1cccc2cc(C(=O)Nc3ccc(CC(=O)NCc4cccs4)cc3)oc12. The zero-order valence-corrected chi connectivity index (χ0v) is 17.1. The Kier molecular flexibility index (Phi) is 5.81. The summed E-state index contributed by atoms with van der Waals surface area (Å²) in [5.74, 6) is 0.380. The summed E-state index contributed by atoms with van der Waals surface area (Å²) < 4.78 is 10.9. The summed E-state index contributed by atoms with van der Waals surface area (Å²) in [7, 11) is 1.56. The van der Waals surface area contributed by atoms with Gasteiger partial charge < -0.3 is 19.8 Å². The Morgan fingerprint density at radius 1 is 1.07 bits per heavy atom. The summed E-state index contributed by atoms with van der Waals surface area (Å²) in [6, 6.07) is 18.3. The first-order chi connectivity index (χ1) is 14.6. The fourth-order valence-corrected chi connectivity index (χ4v) is 3.70. The number of hydrogen-bond donors (Lipinski definition) is 2. The molecule has 0 aliphatic rings. The van der Waals surface area contributed by atoms with E-state index in [9.17, 15) is 9.59 Å². The summed E-state index contributed by atoms with van der Waals surface area (Å²) in [4.78, 5) is 25.7. The van der Waals surface area contributed by atoms with E-state index in [2.05, 4.69) is 10.6 Å². The van der Waals surface area contributed by atoms with Crippen molar-refractivity contribution in [3.8, 4) is 5.75 Å². The molecule has 7 heteroatoms. The monoisotopic (exact) mass is 420 g/mol. The minimum absolute atomic E-state index is 0.0450. The van der Waals surface area contributed by atoms with Crippen LogP contribution in [0.1, 0.15) is 21.0 Å². The molecule has 0 aliphatic heterocycles. The number of benzene rings is 2. The number of ether oxygens (including phenoxy) is 1. The number of hydrogen-bond acceptors (Lipinski definition) is 5. The molecule has 4 rings (SSSR count). The van der Waals surface area contributed by atoms with Gasteiger partial charge in [0, 0.05) is 16.0 Å². The number of para-hydroxylation sites is 1. The number of thiophene rings is 1. The highest BCUT2D eigenvalue weighted by Crippen LogP contribution is 2.28. The van der Waals surface area contributed by atoms with Gasteiger partial charge in [0.05, 0.1) is 20.1 Å². The predicted octanol–water partition coefficient (Wildman–Crippen LogP) is 4.61. The Morgan fingerprint density at radius 3 is 2.63 bits per heavy atom. The maximum atomic E-state index is 12.5. The Labute approximate surface area is 177 Å². The molecule has 0 saturated heterocycles. The van der Waals surface area contributed by atoms with E-state index in [1.807, 2.05) is 41.8 Å². The molecule has 4 aromatic rings. The average molecular weight is 420 g/mol. The third-order valence-corrected chi connectivity index (χ3v) is 5.44. The van der Waals surface area contributed by atoms with Crippen LogP contribution in [0.4, 0.5) is 5.69 Å². The topological polar surface area (TPSA) is 80.6 Å². The lowest BCUT2D eigenvalue weighted by Crippen LogP contribution is -2.24. The van der Waals surface area contributed by atoms with E-state index >= 15 is 0 Å². The number of carbonyl (C=O) groups is 2. The van der Waals surface area contributed by atoms with Gasteiger partial charge in [-0.05, 0) is 41.3 Å². The van der Waals surface area contributed by atoms with E-state index in [4.69, 9.17) is 9.15 Å². The van der Waals surface area contributed by atoms with Gasteiger partial charge in [0.1, 0.15) is 0 Å². The fraction of sp³-hybridized carbons (Fsp3) is 0.130. The Bertz CT molecular complexity index is 1160. The number of fused-ring (bicyclic) bond motifs is 1. The number of methoxy groups -OCH3 is 1. The summed E-state index contributed by atoms with van der Waals surface area (Å²) in [6.45, 7) is 0.535. The van der Waals surface area contributed by atoms with Crippen molar-refractivity contribution in [1.29, 1.82) is 0 Å². The van der Waals surface area contributed by atoms with Crippen molar-refractivity contribution in [3.05, 3.63) is 82.2 Å². The molecule has 2 aromatic heterocycles. The quantitative estimate of drug-likeness (QED) is 0.457. The van der Waals surface area contributed by atoms with Gasteiger partial charge in [-0.2, -0.15) is 0 Å². The Morgan fingerprint density at radius 2 is 1.90 bits per heavy atom. The Balaban J connectivity index is 1.36. The normalized spacial score (nSPS) is 10.7. The van der Waals surface area contributed by atoms with Crippen molar-refractivity contribution in [3.63, 3.8) is 0 Å². The number of nitrogens with one attached hydrogen (secondary N) is 2. The van der Waals surface area contributed by atoms with Gasteiger partial charge in [-0.3, -0.25) is 9.59 Å². The zero-order chi connectivity index (χ0) is 20.9. The summed E-state index contributed by atoms with van der Waals surface area (Å²) in [6.07, 6.45) is 0.281. The largest absolute Gasteiger partial charge is 0.493 e. The van der Waals surface area contributed by atoms with Gasteiger partial charge in [0.25, 0.3) is 5.91 Å². The van der Waals surface area contributed by atoms with Crippen LogP contribution in [0.25, 0.3) is 11.0 Å². The molecule has 152 valence electrons. The van der Waals surface area contributed by atoms with Gasteiger partial charge >= 0.3 is 0 Å². The minimum atomic E-state index is -0.352. The van der Waals surface area contributed by atoms with Crippen molar-refractivity contribution in [2.24, 2.45) is 0 Å². The van der Waals surface area contributed by atoms with Gasteiger partial charge in [0.15, 0.2) is 17.1 Å². The second-order valence-corrected chi connectivity index (χ2v) is 7.71. The van der Waals surface area contributed by atoms with E-state index in [-0.39, 0.29) is 24.0 Å². The fourth-order valence-electron chi connectivity index (χ4n) is 3.05. The van der Waals surface area contributed by atoms with Crippen molar-refractivity contribution in [2.45, 2.75) is 13.0 Å². The third kappa shape index (κ3) is 4.52. The predicted molar refractivity (Wildman–Crippen MR) is 117 cm³/mol. The molecule has 2 heterocycles. The molecule has 0 unspecified atom stereocenters. The number of rotatable bonds is 7. The van der Waals surface area contributed by atoms with Crippen LogP contribution in [0.2, 0.25) is 0 Å². The first-order valence-corrected chi connectivity index (χ1v) is 10.3. The van der Waals surface area contributed by atoms with E-state index in [0.29, 0.717) is 23.6 Å².